The van der Waals surface area contributed by atoms with E-state index in [4.69, 9.17) is 9.47 Å². The van der Waals surface area contributed by atoms with Crippen molar-refractivity contribution in [1.29, 1.82) is 0 Å². The number of carbonyl (C=O) groups is 1. The van der Waals surface area contributed by atoms with Crippen molar-refractivity contribution in [1.82, 2.24) is 10.6 Å². The summed E-state index contributed by atoms with van der Waals surface area (Å²) < 4.78 is 10.3. The molecule has 5 heteroatoms. The summed E-state index contributed by atoms with van der Waals surface area (Å²) in [5.41, 5.74) is -0.0587. The van der Waals surface area contributed by atoms with E-state index in [-0.39, 0.29) is 11.4 Å². The Balaban J connectivity index is 2.14. The fourth-order valence-corrected chi connectivity index (χ4v) is 1.72. The van der Waals surface area contributed by atoms with E-state index in [0.717, 1.165) is 19.4 Å². The van der Waals surface area contributed by atoms with E-state index in [9.17, 15) is 4.79 Å². The fraction of sp³-hybridized carbons (Fsp3) is 0.909. The highest BCUT2D eigenvalue weighted by Gasteiger charge is 2.27. The Bertz CT molecular complexity index is 215. The summed E-state index contributed by atoms with van der Waals surface area (Å²) in [7, 11) is 1.62. The summed E-state index contributed by atoms with van der Waals surface area (Å²) in [5.74, 6) is 0.00356. The standard InChI is InChI=1S/C11H22N2O3/c1-11(4-3-6-16-9-11)13-8-10(14)12-5-7-15-2/h13H,3-9H2,1-2H3,(H,12,14). The summed E-state index contributed by atoms with van der Waals surface area (Å²) in [6.07, 6.45) is 2.10. The summed E-state index contributed by atoms with van der Waals surface area (Å²) in [4.78, 5) is 11.4. The SMILES string of the molecule is COCCNC(=O)CNC1(C)CCCOC1. The molecular weight excluding hydrogens is 208 g/mol. The Kier molecular flexibility index (Phi) is 5.73. The van der Waals surface area contributed by atoms with Gasteiger partial charge in [0.1, 0.15) is 0 Å². The van der Waals surface area contributed by atoms with Crippen LogP contribution in [-0.2, 0) is 14.3 Å². The molecule has 0 aromatic rings. The monoisotopic (exact) mass is 230 g/mol. The molecule has 0 bridgehead atoms. The van der Waals surface area contributed by atoms with Crippen LogP contribution < -0.4 is 10.6 Å². The Morgan fingerprint density at radius 2 is 2.38 bits per heavy atom. The van der Waals surface area contributed by atoms with Crippen LogP contribution in [0.1, 0.15) is 19.8 Å². The number of rotatable bonds is 6. The van der Waals surface area contributed by atoms with Crippen LogP contribution in [0.5, 0.6) is 0 Å². The highest BCUT2D eigenvalue weighted by Crippen LogP contribution is 2.17. The second kappa shape index (κ2) is 6.83. The van der Waals surface area contributed by atoms with Crippen molar-refractivity contribution in [2.24, 2.45) is 0 Å². The van der Waals surface area contributed by atoms with E-state index >= 15 is 0 Å². The molecule has 1 saturated heterocycles. The molecule has 16 heavy (non-hydrogen) atoms. The predicted molar refractivity (Wildman–Crippen MR) is 61.3 cm³/mol. The van der Waals surface area contributed by atoms with E-state index in [0.29, 0.717) is 26.3 Å². The summed E-state index contributed by atoms with van der Waals surface area (Å²) in [6.45, 7) is 5.05. The van der Waals surface area contributed by atoms with Crippen molar-refractivity contribution in [3.8, 4) is 0 Å². The van der Waals surface area contributed by atoms with Crippen LogP contribution in [0.3, 0.4) is 0 Å². The lowest BCUT2D eigenvalue weighted by atomic mass is 9.95. The molecule has 0 aliphatic carbocycles. The number of ether oxygens (including phenoxy) is 2. The zero-order valence-electron chi connectivity index (χ0n) is 10.2. The number of methoxy groups -OCH3 is 1. The fourth-order valence-electron chi connectivity index (χ4n) is 1.72. The van der Waals surface area contributed by atoms with Crippen molar-refractivity contribution in [3.63, 3.8) is 0 Å². The number of carbonyl (C=O) groups excluding carboxylic acids is 1. The zero-order chi connectivity index (χ0) is 11.9. The lowest BCUT2D eigenvalue weighted by molar-refractivity contribution is -0.121. The molecule has 0 aromatic heterocycles. The lowest BCUT2D eigenvalue weighted by Gasteiger charge is -2.34. The molecule has 1 rings (SSSR count). The molecule has 1 aliphatic rings. The molecule has 0 radical (unpaired) electrons. The molecule has 0 saturated carbocycles. The Morgan fingerprint density at radius 3 is 3.00 bits per heavy atom. The third-order valence-electron chi connectivity index (χ3n) is 2.74. The molecule has 0 spiro atoms. The van der Waals surface area contributed by atoms with Crippen molar-refractivity contribution in [2.75, 3.05) is 40.0 Å². The third-order valence-corrected chi connectivity index (χ3v) is 2.74. The Morgan fingerprint density at radius 1 is 1.56 bits per heavy atom. The average molecular weight is 230 g/mol. The van der Waals surface area contributed by atoms with Gasteiger partial charge in [-0.1, -0.05) is 0 Å². The van der Waals surface area contributed by atoms with Gasteiger partial charge in [0.25, 0.3) is 0 Å². The molecule has 1 amide bonds. The summed E-state index contributed by atoms with van der Waals surface area (Å²) in [6, 6.07) is 0. The van der Waals surface area contributed by atoms with Crippen LogP contribution in [0.2, 0.25) is 0 Å². The van der Waals surface area contributed by atoms with Gasteiger partial charge in [-0.3, -0.25) is 4.79 Å². The number of amides is 1. The topological polar surface area (TPSA) is 59.6 Å². The van der Waals surface area contributed by atoms with Crippen LogP contribution in [-0.4, -0.2) is 51.5 Å². The molecule has 1 aliphatic heterocycles. The van der Waals surface area contributed by atoms with Crippen LogP contribution >= 0.6 is 0 Å². The van der Waals surface area contributed by atoms with Gasteiger partial charge in [0.2, 0.25) is 5.91 Å². The van der Waals surface area contributed by atoms with Crippen LogP contribution in [0.15, 0.2) is 0 Å². The minimum absolute atomic E-state index is 0.00356. The van der Waals surface area contributed by atoms with Crippen molar-refractivity contribution >= 4 is 5.91 Å². The minimum Gasteiger partial charge on any atom is -0.383 e. The predicted octanol–water partition coefficient (Wildman–Crippen LogP) is -0.0923. The molecule has 1 heterocycles. The van der Waals surface area contributed by atoms with Crippen molar-refractivity contribution in [3.05, 3.63) is 0 Å². The third kappa shape index (κ3) is 4.92. The largest absolute Gasteiger partial charge is 0.383 e. The lowest BCUT2D eigenvalue weighted by Crippen LogP contribution is -2.52. The van der Waals surface area contributed by atoms with Gasteiger partial charge in [-0.15, -0.1) is 0 Å². The van der Waals surface area contributed by atoms with Crippen LogP contribution in [0, 0.1) is 0 Å². The highest BCUT2D eigenvalue weighted by molar-refractivity contribution is 5.78. The van der Waals surface area contributed by atoms with Gasteiger partial charge in [-0.25, -0.2) is 0 Å². The van der Waals surface area contributed by atoms with Gasteiger partial charge >= 0.3 is 0 Å². The smallest absolute Gasteiger partial charge is 0.234 e. The molecule has 1 fully saturated rings. The van der Waals surface area contributed by atoms with E-state index in [1.165, 1.54) is 0 Å². The second-order valence-electron chi connectivity index (χ2n) is 4.41. The first-order valence-electron chi connectivity index (χ1n) is 5.75. The average Bonchev–Trinajstić information content (AvgIpc) is 2.28. The van der Waals surface area contributed by atoms with Crippen molar-refractivity contribution < 1.29 is 14.3 Å². The first kappa shape index (κ1) is 13.4. The molecule has 5 nitrogen and oxygen atoms in total. The van der Waals surface area contributed by atoms with Gasteiger partial charge in [0.05, 0.1) is 19.8 Å². The summed E-state index contributed by atoms with van der Waals surface area (Å²) >= 11 is 0. The van der Waals surface area contributed by atoms with E-state index in [2.05, 4.69) is 17.6 Å². The van der Waals surface area contributed by atoms with Crippen LogP contribution in [0.4, 0.5) is 0 Å². The maximum absolute atomic E-state index is 11.4. The minimum atomic E-state index is -0.0587. The molecule has 94 valence electrons. The van der Waals surface area contributed by atoms with Gasteiger partial charge < -0.3 is 20.1 Å². The zero-order valence-corrected chi connectivity index (χ0v) is 10.2. The first-order chi connectivity index (χ1) is 7.66. The number of hydrogen-bond acceptors (Lipinski definition) is 4. The van der Waals surface area contributed by atoms with Crippen molar-refractivity contribution in [2.45, 2.75) is 25.3 Å². The summed E-state index contributed by atoms with van der Waals surface area (Å²) in [5, 5.41) is 6.02. The Hall–Kier alpha value is -0.650. The maximum Gasteiger partial charge on any atom is 0.234 e. The second-order valence-corrected chi connectivity index (χ2v) is 4.41. The molecular formula is C11H22N2O3. The van der Waals surface area contributed by atoms with Crippen LogP contribution in [0.25, 0.3) is 0 Å². The normalized spacial score (nSPS) is 25.4. The Labute approximate surface area is 96.9 Å². The van der Waals surface area contributed by atoms with E-state index in [1.807, 2.05) is 0 Å². The maximum atomic E-state index is 11.4. The van der Waals surface area contributed by atoms with Gasteiger partial charge in [-0.2, -0.15) is 0 Å². The molecule has 0 aromatic carbocycles. The van der Waals surface area contributed by atoms with E-state index < -0.39 is 0 Å². The number of nitrogens with one attached hydrogen (secondary N) is 2. The van der Waals surface area contributed by atoms with Gasteiger partial charge in [0.15, 0.2) is 0 Å². The highest BCUT2D eigenvalue weighted by atomic mass is 16.5. The molecule has 2 N–H and O–H groups in total. The molecule has 1 atom stereocenters. The van der Waals surface area contributed by atoms with Gasteiger partial charge in [-0.05, 0) is 19.8 Å². The quantitative estimate of drug-likeness (QED) is 0.626. The first-order valence-corrected chi connectivity index (χ1v) is 5.75. The molecule has 1 unspecified atom stereocenters. The number of hydrogen-bond donors (Lipinski definition) is 2. The van der Waals surface area contributed by atoms with E-state index in [1.54, 1.807) is 7.11 Å². The van der Waals surface area contributed by atoms with Gasteiger partial charge in [0, 0.05) is 25.8 Å².